The van der Waals surface area contributed by atoms with E-state index in [1.807, 2.05) is 0 Å². The molecule has 0 aromatic carbocycles. The Morgan fingerprint density at radius 2 is 2.20 bits per heavy atom. The van der Waals surface area contributed by atoms with Crippen molar-refractivity contribution in [3.8, 4) is 0 Å². The molecule has 0 aliphatic rings. The highest BCUT2D eigenvalue weighted by atomic mass is 32.3. The molecule has 0 spiro atoms. The molecule has 0 fully saturated rings. The molecule has 0 aliphatic carbocycles. The van der Waals surface area contributed by atoms with E-state index >= 15 is 0 Å². The second kappa shape index (κ2) is 2.56. The smallest absolute Gasteiger partial charge is 0.116 e. The van der Waals surface area contributed by atoms with Crippen LogP contribution in [0.5, 0.6) is 0 Å². The highest BCUT2D eigenvalue weighted by molar-refractivity contribution is 8.27. The van der Waals surface area contributed by atoms with E-state index < -0.39 is 10.3 Å². The van der Waals surface area contributed by atoms with Crippen LogP contribution in [0.2, 0.25) is 0 Å². The van der Waals surface area contributed by atoms with Crippen molar-refractivity contribution in [2.75, 3.05) is 12.5 Å². The van der Waals surface area contributed by atoms with Gasteiger partial charge in [-0.05, 0) is 18.6 Å². The van der Waals surface area contributed by atoms with Crippen LogP contribution in [0.25, 0.3) is 0 Å². The maximum absolute atomic E-state index is 9.48. The summed E-state index contributed by atoms with van der Waals surface area (Å²) >= 11 is 0. The minimum Gasteiger partial charge on any atom is -0.346 e. The van der Waals surface area contributed by atoms with Crippen molar-refractivity contribution >= 4 is 10.3 Å². The normalized spacial score (nSPS) is 13.1. The molecule has 3 nitrogen and oxygen atoms in total. The van der Waals surface area contributed by atoms with E-state index in [9.17, 15) is 4.55 Å². The predicted octanol–water partition coefficient (Wildman–Crippen LogP) is 1.37. The SMILES string of the molecule is CS(C)(O)c1ccncn1. The Balaban J connectivity index is 2.97. The summed E-state index contributed by atoms with van der Waals surface area (Å²) in [5.41, 5.74) is 0. The van der Waals surface area contributed by atoms with Gasteiger partial charge in [0.25, 0.3) is 0 Å². The third-order valence-corrected chi connectivity index (χ3v) is 2.33. The fourth-order valence-corrected chi connectivity index (χ4v) is 1.27. The second-order valence-electron chi connectivity index (χ2n) is 2.32. The minimum absolute atomic E-state index is 0.725. The van der Waals surface area contributed by atoms with E-state index in [0.717, 1.165) is 5.03 Å². The molecule has 1 aromatic rings. The maximum Gasteiger partial charge on any atom is 0.116 e. The Hall–Kier alpha value is -0.610. The van der Waals surface area contributed by atoms with Crippen molar-refractivity contribution in [1.29, 1.82) is 0 Å². The van der Waals surface area contributed by atoms with Crippen LogP contribution in [0.3, 0.4) is 0 Å². The summed E-state index contributed by atoms with van der Waals surface area (Å²) in [6.45, 7) is 0. The van der Waals surface area contributed by atoms with Crippen LogP contribution in [0.4, 0.5) is 0 Å². The molecular formula is C6H10N2OS. The molecule has 56 valence electrons. The monoisotopic (exact) mass is 158 g/mol. The van der Waals surface area contributed by atoms with E-state index in [4.69, 9.17) is 0 Å². The van der Waals surface area contributed by atoms with Gasteiger partial charge >= 0.3 is 0 Å². The minimum atomic E-state index is -1.65. The quantitative estimate of drug-likeness (QED) is 0.628. The largest absolute Gasteiger partial charge is 0.346 e. The van der Waals surface area contributed by atoms with Crippen LogP contribution in [-0.4, -0.2) is 27.0 Å². The molecule has 0 aliphatic heterocycles. The number of aromatic nitrogens is 2. The summed E-state index contributed by atoms with van der Waals surface area (Å²) in [5.74, 6) is 0. The van der Waals surface area contributed by atoms with Crippen LogP contribution >= 0.6 is 10.3 Å². The van der Waals surface area contributed by atoms with Gasteiger partial charge in [0.1, 0.15) is 11.4 Å². The van der Waals surface area contributed by atoms with Gasteiger partial charge < -0.3 is 4.55 Å². The first kappa shape index (κ1) is 7.50. The summed E-state index contributed by atoms with van der Waals surface area (Å²) in [5, 5.41) is 0.725. The van der Waals surface area contributed by atoms with Gasteiger partial charge in [-0.15, -0.1) is 10.3 Å². The molecule has 1 rings (SSSR count). The van der Waals surface area contributed by atoms with Gasteiger partial charge in [-0.3, -0.25) is 0 Å². The number of rotatable bonds is 1. The zero-order chi connectivity index (χ0) is 7.61. The van der Waals surface area contributed by atoms with Gasteiger partial charge in [-0.2, -0.15) is 0 Å². The average molecular weight is 158 g/mol. The van der Waals surface area contributed by atoms with Gasteiger partial charge in [-0.1, -0.05) is 0 Å². The lowest BCUT2D eigenvalue weighted by Crippen LogP contribution is -1.96. The van der Waals surface area contributed by atoms with Crippen LogP contribution in [0, 0.1) is 0 Å². The zero-order valence-electron chi connectivity index (χ0n) is 5.98. The van der Waals surface area contributed by atoms with E-state index in [-0.39, 0.29) is 0 Å². The lowest BCUT2D eigenvalue weighted by atomic mass is 10.7. The van der Waals surface area contributed by atoms with Crippen LogP contribution in [0.1, 0.15) is 0 Å². The van der Waals surface area contributed by atoms with Gasteiger partial charge in [0.05, 0.1) is 0 Å². The topological polar surface area (TPSA) is 46.0 Å². The summed E-state index contributed by atoms with van der Waals surface area (Å²) in [6.07, 6.45) is 6.62. The van der Waals surface area contributed by atoms with E-state index in [0.29, 0.717) is 0 Å². The lowest BCUT2D eigenvalue weighted by molar-refractivity contribution is 0.632. The van der Waals surface area contributed by atoms with E-state index in [1.165, 1.54) is 6.33 Å². The Labute approximate surface area is 61.7 Å². The Morgan fingerprint density at radius 3 is 2.50 bits per heavy atom. The van der Waals surface area contributed by atoms with Crippen molar-refractivity contribution in [1.82, 2.24) is 9.97 Å². The third kappa shape index (κ3) is 1.68. The molecule has 0 saturated carbocycles. The van der Waals surface area contributed by atoms with E-state index in [2.05, 4.69) is 9.97 Å². The Bertz CT molecular complexity index is 207. The summed E-state index contributed by atoms with van der Waals surface area (Å²) in [4.78, 5) is 7.68. The van der Waals surface area contributed by atoms with Gasteiger partial charge in [0.2, 0.25) is 0 Å². The third-order valence-electron chi connectivity index (χ3n) is 1.07. The molecule has 1 aromatic heterocycles. The maximum atomic E-state index is 9.48. The second-order valence-corrected chi connectivity index (χ2v) is 5.28. The molecule has 0 amide bonds. The number of hydrogen-bond acceptors (Lipinski definition) is 3. The molecule has 1 heterocycles. The standard InChI is InChI=1S/C6H10N2OS/c1-10(2,9)6-3-4-7-5-8-6/h3-5,9H,1-2H3. The fraction of sp³-hybridized carbons (Fsp3) is 0.333. The lowest BCUT2D eigenvalue weighted by Gasteiger charge is -2.21. The molecule has 0 saturated heterocycles. The first-order chi connectivity index (χ1) is 4.61. The number of nitrogens with zero attached hydrogens (tertiary/aromatic N) is 2. The summed E-state index contributed by atoms with van der Waals surface area (Å²) in [7, 11) is -1.65. The molecule has 1 N–H and O–H groups in total. The highest BCUT2D eigenvalue weighted by Gasteiger charge is 2.09. The van der Waals surface area contributed by atoms with Crippen LogP contribution in [0.15, 0.2) is 23.6 Å². The zero-order valence-corrected chi connectivity index (χ0v) is 6.80. The summed E-state index contributed by atoms with van der Waals surface area (Å²) < 4.78 is 9.48. The molecule has 0 unspecified atom stereocenters. The van der Waals surface area contributed by atoms with Gasteiger partial charge in [-0.25, -0.2) is 9.97 Å². The average Bonchev–Trinajstić information content (AvgIpc) is 1.88. The van der Waals surface area contributed by atoms with Crippen molar-refractivity contribution in [3.63, 3.8) is 0 Å². The van der Waals surface area contributed by atoms with Crippen molar-refractivity contribution < 1.29 is 4.55 Å². The van der Waals surface area contributed by atoms with E-state index in [1.54, 1.807) is 24.8 Å². The van der Waals surface area contributed by atoms with Crippen LogP contribution in [-0.2, 0) is 0 Å². The molecule has 4 heteroatoms. The fourth-order valence-electron chi connectivity index (χ4n) is 0.574. The van der Waals surface area contributed by atoms with Crippen molar-refractivity contribution in [2.24, 2.45) is 0 Å². The molecule has 10 heavy (non-hydrogen) atoms. The van der Waals surface area contributed by atoms with Crippen molar-refractivity contribution in [3.05, 3.63) is 18.6 Å². The predicted molar refractivity (Wildman–Crippen MR) is 42.4 cm³/mol. The number of hydrogen-bond donors (Lipinski definition) is 1. The molecular weight excluding hydrogens is 148 g/mol. The highest BCUT2D eigenvalue weighted by Crippen LogP contribution is 2.42. The Kier molecular flexibility index (Phi) is 1.92. The van der Waals surface area contributed by atoms with Gasteiger partial charge in [0, 0.05) is 6.20 Å². The first-order valence-corrected chi connectivity index (χ1v) is 5.23. The first-order valence-electron chi connectivity index (χ1n) is 2.82. The van der Waals surface area contributed by atoms with Gasteiger partial charge in [0.15, 0.2) is 0 Å². The Morgan fingerprint density at radius 1 is 1.50 bits per heavy atom. The molecule has 0 bridgehead atoms. The molecule has 0 atom stereocenters. The van der Waals surface area contributed by atoms with Crippen LogP contribution < -0.4 is 0 Å². The summed E-state index contributed by atoms with van der Waals surface area (Å²) in [6, 6.07) is 1.73. The molecule has 0 radical (unpaired) electrons. The van der Waals surface area contributed by atoms with Crippen molar-refractivity contribution in [2.45, 2.75) is 5.03 Å².